The van der Waals surface area contributed by atoms with Gasteiger partial charge in [-0.25, -0.2) is 0 Å². The fraction of sp³-hybridized carbons (Fsp3) is 0. The van der Waals surface area contributed by atoms with Gasteiger partial charge in [0.2, 0.25) is 0 Å². The third-order valence-electron chi connectivity index (χ3n) is 2.61. The number of rotatable bonds is 0. The monoisotopic (exact) mass is 230 g/mol. The van der Waals surface area contributed by atoms with E-state index in [0.717, 1.165) is 0 Å². The van der Waals surface area contributed by atoms with Crippen molar-refractivity contribution in [3.8, 4) is 0 Å². The second-order valence-corrected chi connectivity index (χ2v) is 3.55. The van der Waals surface area contributed by atoms with Crippen LogP contribution in [0, 0.1) is 0 Å². The molecule has 0 saturated heterocycles. The molecule has 0 radical (unpaired) electrons. The molecule has 0 bridgehead atoms. The van der Waals surface area contributed by atoms with Gasteiger partial charge in [0.05, 0.1) is 0 Å². The summed E-state index contributed by atoms with van der Waals surface area (Å²) < 4.78 is 0. The van der Waals surface area contributed by atoms with Crippen LogP contribution in [0.1, 0.15) is 0 Å². The Morgan fingerprint density at radius 3 is 1.00 bits per heavy atom. The van der Waals surface area contributed by atoms with Gasteiger partial charge in [0.15, 0.2) is 0 Å². The van der Waals surface area contributed by atoms with Crippen LogP contribution in [0.25, 0.3) is 21.5 Å². The van der Waals surface area contributed by atoms with Crippen molar-refractivity contribution in [1.29, 1.82) is 0 Å². The van der Waals surface area contributed by atoms with Crippen LogP contribution < -0.4 is 0 Å². The fourth-order valence-corrected chi connectivity index (χ4v) is 1.88. The number of benzene rings is 3. The van der Waals surface area contributed by atoms with Crippen molar-refractivity contribution in [3.05, 3.63) is 60.7 Å². The topological polar surface area (TPSA) is 31.5 Å². The largest absolute Gasteiger partial charge is 0.412 e. The molecule has 0 unspecified atom stereocenters. The molecule has 0 amide bonds. The highest BCUT2D eigenvalue weighted by atomic mass is 32.1. The Morgan fingerprint density at radius 2 is 0.750 bits per heavy atom. The van der Waals surface area contributed by atoms with Crippen molar-refractivity contribution in [1.82, 2.24) is 0 Å². The smallest absolute Gasteiger partial charge is 0.0178 e. The molecule has 3 aromatic rings. The minimum absolute atomic E-state index is 0. The maximum atomic E-state index is 2.24. The quantitative estimate of drug-likeness (QED) is 0.531. The SMILES string of the molecule is O.S.c1ccc2cc3ccccc3cc2c1. The zero-order chi connectivity index (χ0) is 9.38. The van der Waals surface area contributed by atoms with E-state index in [2.05, 4.69) is 60.7 Å². The van der Waals surface area contributed by atoms with Gasteiger partial charge in [0, 0.05) is 0 Å². The summed E-state index contributed by atoms with van der Waals surface area (Å²) >= 11 is 0. The predicted molar refractivity (Wildman–Crippen MR) is 75.4 cm³/mol. The highest BCUT2D eigenvalue weighted by Crippen LogP contribution is 2.21. The molecule has 3 aromatic carbocycles. The molecular formula is C14H14OS. The van der Waals surface area contributed by atoms with E-state index in [1.807, 2.05) is 0 Å². The van der Waals surface area contributed by atoms with Crippen molar-refractivity contribution in [2.75, 3.05) is 0 Å². The molecule has 0 fully saturated rings. The Morgan fingerprint density at radius 1 is 0.500 bits per heavy atom. The Hall–Kier alpha value is -1.51. The van der Waals surface area contributed by atoms with E-state index in [1.54, 1.807) is 0 Å². The lowest BCUT2D eigenvalue weighted by Crippen LogP contribution is -1.74. The summed E-state index contributed by atoms with van der Waals surface area (Å²) in [6, 6.07) is 21.4. The van der Waals surface area contributed by atoms with Crippen LogP contribution in [0.4, 0.5) is 0 Å². The first-order valence-corrected chi connectivity index (χ1v) is 4.81. The molecule has 0 heterocycles. The van der Waals surface area contributed by atoms with E-state index in [1.165, 1.54) is 21.5 Å². The van der Waals surface area contributed by atoms with E-state index in [9.17, 15) is 0 Å². The molecule has 1 nitrogen and oxygen atoms in total. The van der Waals surface area contributed by atoms with Crippen LogP contribution in [-0.2, 0) is 0 Å². The van der Waals surface area contributed by atoms with Gasteiger partial charge in [-0.3, -0.25) is 0 Å². The molecule has 0 aliphatic carbocycles. The Labute approximate surface area is 101 Å². The number of hydrogen-bond acceptors (Lipinski definition) is 0. The molecule has 0 atom stereocenters. The first-order valence-electron chi connectivity index (χ1n) is 4.81. The molecule has 2 N–H and O–H groups in total. The van der Waals surface area contributed by atoms with Crippen molar-refractivity contribution in [2.24, 2.45) is 0 Å². The summed E-state index contributed by atoms with van der Waals surface area (Å²) in [5.41, 5.74) is 0. The lowest BCUT2D eigenvalue weighted by Gasteiger charge is -2.00. The zero-order valence-electron chi connectivity index (χ0n) is 8.77. The average molecular weight is 230 g/mol. The second-order valence-electron chi connectivity index (χ2n) is 3.55. The highest BCUT2D eigenvalue weighted by Gasteiger charge is 1.95. The van der Waals surface area contributed by atoms with E-state index in [-0.39, 0.29) is 19.0 Å². The highest BCUT2D eigenvalue weighted by molar-refractivity contribution is 7.59. The van der Waals surface area contributed by atoms with Gasteiger partial charge >= 0.3 is 0 Å². The summed E-state index contributed by atoms with van der Waals surface area (Å²) in [6.07, 6.45) is 0. The van der Waals surface area contributed by atoms with E-state index >= 15 is 0 Å². The van der Waals surface area contributed by atoms with Gasteiger partial charge in [-0.05, 0) is 33.7 Å². The van der Waals surface area contributed by atoms with Crippen LogP contribution >= 0.6 is 13.5 Å². The minimum Gasteiger partial charge on any atom is -0.412 e. The minimum atomic E-state index is 0. The van der Waals surface area contributed by atoms with Crippen LogP contribution in [0.3, 0.4) is 0 Å². The predicted octanol–water partition coefficient (Wildman–Crippen LogP) is 3.28. The molecule has 82 valence electrons. The summed E-state index contributed by atoms with van der Waals surface area (Å²) in [5, 5.41) is 5.25. The number of fused-ring (bicyclic) bond motifs is 2. The molecule has 2 heteroatoms. The Balaban J connectivity index is 0.000000640. The maximum absolute atomic E-state index is 2.24. The van der Waals surface area contributed by atoms with E-state index < -0.39 is 0 Å². The Bertz CT molecular complexity index is 499. The lowest BCUT2D eigenvalue weighted by atomic mass is 10.0. The first kappa shape index (κ1) is 12.6. The molecule has 3 rings (SSSR count). The molecule has 0 spiro atoms. The van der Waals surface area contributed by atoms with Gasteiger partial charge in [0.1, 0.15) is 0 Å². The van der Waals surface area contributed by atoms with Gasteiger partial charge in [-0.15, -0.1) is 0 Å². The fourth-order valence-electron chi connectivity index (χ4n) is 1.88. The van der Waals surface area contributed by atoms with Gasteiger partial charge in [-0.1, -0.05) is 48.5 Å². The van der Waals surface area contributed by atoms with E-state index in [4.69, 9.17) is 0 Å². The van der Waals surface area contributed by atoms with Crippen molar-refractivity contribution >= 4 is 35.0 Å². The van der Waals surface area contributed by atoms with Crippen molar-refractivity contribution in [2.45, 2.75) is 0 Å². The van der Waals surface area contributed by atoms with Crippen LogP contribution in [-0.4, -0.2) is 5.48 Å². The van der Waals surface area contributed by atoms with Crippen LogP contribution in [0.5, 0.6) is 0 Å². The van der Waals surface area contributed by atoms with E-state index in [0.29, 0.717) is 0 Å². The second kappa shape index (κ2) is 5.01. The standard InChI is InChI=1S/C14H10.H2O.H2S/c1-2-6-12-10-14-8-4-3-7-13(14)9-11(12)5-1;;/h1-10H;2*1H2. The number of hydrogen-bond donors (Lipinski definition) is 0. The molecule has 0 aliphatic heterocycles. The third kappa shape index (κ3) is 2.03. The van der Waals surface area contributed by atoms with Gasteiger partial charge in [-0.2, -0.15) is 13.5 Å². The van der Waals surface area contributed by atoms with Crippen LogP contribution in [0.15, 0.2) is 60.7 Å². The molecule has 0 aromatic heterocycles. The summed E-state index contributed by atoms with van der Waals surface area (Å²) in [4.78, 5) is 0. The summed E-state index contributed by atoms with van der Waals surface area (Å²) in [7, 11) is 0. The van der Waals surface area contributed by atoms with Crippen molar-refractivity contribution in [3.63, 3.8) is 0 Å². The summed E-state index contributed by atoms with van der Waals surface area (Å²) in [5.74, 6) is 0. The zero-order valence-corrected chi connectivity index (χ0v) is 9.77. The third-order valence-corrected chi connectivity index (χ3v) is 2.61. The molecule has 16 heavy (non-hydrogen) atoms. The van der Waals surface area contributed by atoms with Crippen molar-refractivity contribution < 1.29 is 5.48 Å². The normalized spacial score (nSPS) is 9.50. The average Bonchev–Trinajstić information content (AvgIpc) is 2.26. The first-order chi connectivity index (χ1) is 6.93. The molecule has 0 aliphatic rings. The van der Waals surface area contributed by atoms with Gasteiger partial charge in [0.25, 0.3) is 0 Å². The lowest BCUT2D eigenvalue weighted by molar-refractivity contribution is 0.824. The molecule has 0 saturated carbocycles. The summed E-state index contributed by atoms with van der Waals surface area (Å²) in [6.45, 7) is 0. The van der Waals surface area contributed by atoms with Gasteiger partial charge < -0.3 is 5.48 Å². The maximum Gasteiger partial charge on any atom is -0.0178 e. The Kier molecular flexibility index (Phi) is 3.93. The molecular weight excluding hydrogens is 216 g/mol. The van der Waals surface area contributed by atoms with Crippen LogP contribution in [0.2, 0.25) is 0 Å².